The molecular formula is C16H19N5O2. The molecule has 1 N–H and O–H groups in total. The van der Waals surface area contributed by atoms with Gasteiger partial charge in [-0.05, 0) is 12.1 Å². The van der Waals surface area contributed by atoms with E-state index in [1.54, 1.807) is 13.4 Å². The number of methoxy groups -OCH3 is 1. The Morgan fingerprint density at radius 2 is 2.17 bits per heavy atom. The van der Waals surface area contributed by atoms with Crippen LogP contribution in [-0.4, -0.2) is 39.0 Å². The fourth-order valence-corrected chi connectivity index (χ4v) is 2.55. The lowest BCUT2D eigenvalue weighted by Crippen LogP contribution is -2.26. The van der Waals surface area contributed by atoms with E-state index in [1.165, 1.54) is 0 Å². The maximum absolute atomic E-state index is 12.4. The first-order valence-electron chi connectivity index (χ1n) is 7.39. The number of carbonyl (C=O) groups excluding carboxylic acids is 1. The van der Waals surface area contributed by atoms with Crippen molar-refractivity contribution in [3.63, 3.8) is 0 Å². The second-order valence-corrected chi connectivity index (χ2v) is 5.26. The summed E-state index contributed by atoms with van der Waals surface area (Å²) in [6.45, 7) is 1.55. The number of carbonyl (C=O) groups is 1. The minimum Gasteiger partial charge on any atom is -0.383 e. The van der Waals surface area contributed by atoms with Gasteiger partial charge in [-0.2, -0.15) is 0 Å². The van der Waals surface area contributed by atoms with E-state index in [0.29, 0.717) is 31.2 Å². The molecule has 0 saturated heterocycles. The van der Waals surface area contributed by atoms with Gasteiger partial charge in [0.2, 0.25) is 0 Å². The monoisotopic (exact) mass is 313 g/mol. The number of rotatable bonds is 6. The number of nitrogens with zero attached hydrogens (tertiary/aromatic N) is 4. The minimum absolute atomic E-state index is 0.134. The zero-order valence-electron chi connectivity index (χ0n) is 13.2. The fourth-order valence-electron chi connectivity index (χ4n) is 2.55. The van der Waals surface area contributed by atoms with E-state index < -0.39 is 0 Å². The van der Waals surface area contributed by atoms with Crippen LogP contribution in [0, 0.1) is 0 Å². The predicted molar refractivity (Wildman–Crippen MR) is 86.0 cm³/mol. The lowest BCUT2D eigenvalue weighted by Gasteiger charge is -2.08. The SMILES string of the molecule is COCCn1cnnc1CNC(=O)c1cc2ccccc2n1C. The lowest BCUT2D eigenvalue weighted by atomic mass is 10.2. The van der Waals surface area contributed by atoms with Crippen LogP contribution in [0.15, 0.2) is 36.7 Å². The van der Waals surface area contributed by atoms with Crippen molar-refractivity contribution in [2.24, 2.45) is 7.05 Å². The molecule has 3 rings (SSSR count). The first-order valence-corrected chi connectivity index (χ1v) is 7.39. The van der Waals surface area contributed by atoms with E-state index in [4.69, 9.17) is 4.74 Å². The molecule has 1 amide bonds. The molecule has 0 saturated carbocycles. The molecule has 0 aliphatic carbocycles. The third kappa shape index (κ3) is 3.09. The molecule has 7 heteroatoms. The van der Waals surface area contributed by atoms with Crippen molar-refractivity contribution in [1.82, 2.24) is 24.6 Å². The molecule has 0 radical (unpaired) electrons. The predicted octanol–water partition coefficient (Wildman–Crippen LogP) is 1.35. The Bertz CT molecular complexity index is 821. The number of fused-ring (bicyclic) bond motifs is 1. The van der Waals surface area contributed by atoms with Crippen molar-refractivity contribution < 1.29 is 9.53 Å². The van der Waals surface area contributed by atoms with Crippen molar-refractivity contribution in [2.45, 2.75) is 13.1 Å². The summed E-state index contributed by atoms with van der Waals surface area (Å²) in [5, 5.41) is 11.9. The molecule has 0 fully saturated rings. The highest BCUT2D eigenvalue weighted by Gasteiger charge is 2.14. The topological polar surface area (TPSA) is 74.0 Å². The van der Waals surface area contributed by atoms with Crippen LogP contribution in [0.25, 0.3) is 10.9 Å². The van der Waals surface area contributed by atoms with Crippen molar-refractivity contribution in [3.8, 4) is 0 Å². The second-order valence-electron chi connectivity index (χ2n) is 5.26. The average Bonchev–Trinajstić information content (AvgIpc) is 3.15. The van der Waals surface area contributed by atoms with Crippen LogP contribution < -0.4 is 5.32 Å². The summed E-state index contributed by atoms with van der Waals surface area (Å²) in [5.74, 6) is 0.569. The molecule has 0 unspecified atom stereocenters. The van der Waals surface area contributed by atoms with E-state index in [9.17, 15) is 4.79 Å². The lowest BCUT2D eigenvalue weighted by molar-refractivity contribution is 0.0941. The molecule has 2 aromatic heterocycles. The molecule has 3 aromatic rings. The Hall–Kier alpha value is -2.67. The Morgan fingerprint density at radius 1 is 1.35 bits per heavy atom. The van der Waals surface area contributed by atoms with Crippen LogP contribution in [-0.2, 0) is 24.9 Å². The molecule has 0 spiro atoms. The van der Waals surface area contributed by atoms with Crippen LogP contribution in [0.3, 0.4) is 0 Å². The van der Waals surface area contributed by atoms with Gasteiger partial charge in [0, 0.05) is 31.6 Å². The first kappa shape index (κ1) is 15.2. The molecule has 120 valence electrons. The van der Waals surface area contributed by atoms with E-state index in [2.05, 4.69) is 15.5 Å². The number of hydrogen-bond acceptors (Lipinski definition) is 4. The maximum atomic E-state index is 12.4. The van der Waals surface area contributed by atoms with Crippen LogP contribution in [0.2, 0.25) is 0 Å². The molecule has 1 aromatic carbocycles. The Kier molecular flexibility index (Phi) is 4.38. The number of amides is 1. The van der Waals surface area contributed by atoms with Gasteiger partial charge in [0.25, 0.3) is 5.91 Å². The summed E-state index contributed by atoms with van der Waals surface area (Å²) in [5.41, 5.74) is 1.65. The third-order valence-electron chi connectivity index (χ3n) is 3.82. The van der Waals surface area contributed by atoms with Crippen molar-refractivity contribution in [3.05, 3.63) is 48.2 Å². The number of nitrogens with one attached hydrogen (secondary N) is 1. The molecule has 7 nitrogen and oxygen atoms in total. The van der Waals surface area contributed by atoms with E-state index in [0.717, 1.165) is 10.9 Å². The number of para-hydroxylation sites is 1. The van der Waals surface area contributed by atoms with Crippen molar-refractivity contribution in [1.29, 1.82) is 0 Å². The average molecular weight is 313 g/mol. The molecule has 0 bridgehead atoms. The van der Waals surface area contributed by atoms with Crippen LogP contribution in [0.5, 0.6) is 0 Å². The van der Waals surface area contributed by atoms with Gasteiger partial charge in [0.05, 0.1) is 13.2 Å². The molecule has 0 aliphatic heterocycles. The highest BCUT2D eigenvalue weighted by molar-refractivity contribution is 5.98. The summed E-state index contributed by atoms with van der Waals surface area (Å²) in [6.07, 6.45) is 1.64. The quantitative estimate of drug-likeness (QED) is 0.745. The van der Waals surface area contributed by atoms with Gasteiger partial charge in [-0.15, -0.1) is 10.2 Å². The Balaban J connectivity index is 1.72. The molecule has 0 atom stereocenters. The van der Waals surface area contributed by atoms with Gasteiger partial charge in [0.1, 0.15) is 12.0 Å². The van der Waals surface area contributed by atoms with Gasteiger partial charge in [0.15, 0.2) is 5.82 Å². The highest BCUT2D eigenvalue weighted by atomic mass is 16.5. The van der Waals surface area contributed by atoms with Gasteiger partial charge in [-0.3, -0.25) is 4.79 Å². The summed E-state index contributed by atoms with van der Waals surface area (Å²) in [7, 11) is 3.53. The third-order valence-corrected chi connectivity index (χ3v) is 3.82. The molecule has 0 aliphatic rings. The standard InChI is InChI=1S/C16H19N5O2/c1-20-13-6-4-3-5-12(13)9-14(20)16(22)17-10-15-19-18-11-21(15)7-8-23-2/h3-6,9,11H,7-8,10H2,1-2H3,(H,17,22). The number of aromatic nitrogens is 4. The van der Waals surface area contributed by atoms with Gasteiger partial charge in [-0.25, -0.2) is 0 Å². The summed E-state index contributed by atoms with van der Waals surface area (Å²) in [6, 6.07) is 9.80. The number of ether oxygens (including phenoxy) is 1. The number of aryl methyl sites for hydroxylation is 1. The van der Waals surface area contributed by atoms with E-state index >= 15 is 0 Å². The summed E-state index contributed by atoms with van der Waals surface area (Å²) >= 11 is 0. The van der Waals surface area contributed by atoms with Gasteiger partial charge in [-0.1, -0.05) is 18.2 Å². The normalized spacial score (nSPS) is 11.0. The van der Waals surface area contributed by atoms with Gasteiger partial charge < -0.3 is 19.2 Å². The zero-order valence-corrected chi connectivity index (χ0v) is 13.2. The Labute approximate surface area is 133 Å². The molecule has 2 heterocycles. The maximum Gasteiger partial charge on any atom is 0.268 e. The summed E-state index contributed by atoms with van der Waals surface area (Å²) in [4.78, 5) is 12.4. The smallest absolute Gasteiger partial charge is 0.268 e. The number of benzene rings is 1. The van der Waals surface area contributed by atoms with Crippen LogP contribution in [0.4, 0.5) is 0 Å². The van der Waals surface area contributed by atoms with Crippen molar-refractivity contribution in [2.75, 3.05) is 13.7 Å². The molecule has 23 heavy (non-hydrogen) atoms. The first-order chi connectivity index (χ1) is 11.2. The molecular weight excluding hydrogens is 294 g/mol. The highest BCUT2D eigenvalue weighted by Crippen LogP contribution is 2.18. The van der Waals surface area contributed by atoms with Gasteiger partial charge >= 0.3 is 0 Å². The van der Waals surface area contributed by atoms with Crippen LogP contribution in [0.1, 0.15) is 16.3 Å². The Morgan fingerprint density at radius 3 is 2.96 bits per heavy atom. The van der Waals surface area contributed by atoms with E-state index in [-0.39, 0.29) is 5.91 Å². The number of hydrogen-bond donors (Lipinski definition) is 1. The van der Waals surface area contributed by atoms with E-state index in [1.807, 2.05) is 46.5 Å². The largest absolute Gasteiger partial charge is 0.383 e. The zero-order chi connectivity index (χ0) is 16.2. The van der Waals surface area contributed by atoms with Crippen LogP contribution >= 0.6 is 0 Å². The fraction of sp³-hybridized carbons (Fsp3) is 0.312. The second kappa shape index (κ2) is 6.62. The van der Waals surface area contributed by atoms with Crippen molar-refractivity contribution >= 4 is 16.8 Å². The minimum atomic E-state index is -0.134. The summed E-state index contributed by atoms with van der Waals surface area (Å²) < 4.78 is 8.80.